The molecule has 0 radical (unpaired) electrons. The fraction of sp³-hybridized carbons (Fsp3) is 0.0625. The van der Waals surface area contributed by atoms with Gasteiger partial charge in [-0.05, 0) is 24.3 Å². The van der Waals surface area contributed by atoms with Crippen LogP contribution in [0.15, 0.2) is 54.7 Å². The Morgan fingerprint density at radius 3 is 2.71 bits per heavy atom. The number of ether oxygens (including phenoxy) is 1. The Balaban J connectivity index is 2.05. The average Bonchev–Trinajstić information content (AvgIpc) is 2.49. The molecule has 0 aliphatic rings. The predicted octanol–water partition coefficient (Wildman–Crippen LogP) is 3.78. The highest BCUT2D eigenvalue weighted by Gasteiger charge is 2.04. The topological polar surface area (TPSA) is 38.3 Å². The number of allylic oxidation sites excluding steroid dienone is 1. The molecule has 0 fully saturated rings. The summed E-state index contributed by atoms with van der Waals surface area (Å²) in [6.07, 6.45) is 2.57. The highest BCUT2D eigenvalue weighted by Crippen LogP contribution is 2.16. The first-order valence-electron chi connectivity index (χ1n) is 6.16. The molecular weight excluding hydrogens is 276 g/mol. The fourth-order valence-corrected chi connectivity index (χ4v) is 1.69. The number of methoxy groups -OCH3 is 1. The first kappa shape index (κ1) is 14.7. The molecule has 0 aromatic heterocycles. The van der Waals surface area contributed by atoms with E-state index in [0.717, 1.165) is 12.1 Å². The Hall–Kier alpha value is -2.69. The molecule has 5 heteroatoms. The van der Waals surface area contributed by atoms with Crippen molar-refractivity contribution in [3.05, 3.63) is 71.9 Å². The monoisotopic (exact) mass is 289 g/mol. The van der Waals surface area contributed by atoms with Crippen LogP contribution in [0.5, 0.6) is 5.75 Å². The maximum Gasteiger partial charge on any atom is 0.187 e. The second-order valence-corrected chi connectivity index (χ2v) is 4.20. The van der Waals surface area contributed by atoms with Gasteiger partial charge in [-0.1, -0.05) is 12.1 Å². The lowest BCUT2D eigenvalue weighted by Crippen LogP contribution is -1.98. The first-order valence-corrected chi connectivity index (χ1v) is 6.16. The Kier molecular flexibility index (Phi) is 4.66. The summed E-state index contributed by atoms with van der Waals surface area (Å²) in [6.45, 7) is 0. The molecule has 0 atom stereocenters. The van der Waals surface area contributed by atoms with Crippen LogP contribution in [0.25, 0.3) is 0 Å². The van der Waals surface area contributed by atoms with Crippen LogP contribution in [0.1, 0.15) is 10.4 Å². The van der Waals surface area contributed by atoms with E-state index in [9.17, 15) is 13.6 Å². The van der Waals surface area contributed by atoms with Crippen LogP contribution < -0.4 is 10.1 Å². The summed E-state index contributed by atoms with van der Waals surface area (Å²) in [5.74, 6) is -1.07. The van der Waals surface area contributed by atoms with E-state index in [0.29, 0.717) is 11.3 Å². The second-order valence-electron chi connectivity index (χ2n) is 4.20. The first-order chi connectivity index (χ1) is 10.1. The number of nitrogens with one attached hydrogen (secondary N) is 1. The van der Waals surface area contributed by atoms with Crippen molar-refractivity contribution in [3.8, 4) is 5.75 Å². The van der Waals surface area contributed by atoms with Crippen molar-refractivity contribution in [2.45, 2.75) is 0 Å². The molecule has 0 amide bonds. The molecule has 0 heterocycles. The summed E-state index contributed by atoms with van der Waals surface area (Å²) in [5.41, 5.74) is 0.540. The summed E-state index contributed by atoms with van der Waals surface area (Å²) in [4.78, 5) is 11.9. The van der Waals surface area contributed by atoms with Crippen molar-refractivity contribution in [1.29, 1.82) is 0 Å². The van der Waals surface area contributed by atoms with Gasteiger partial charge in [0.2, 0.25) is 0 Å². The summed E-state index contributed by atoms with van der Waals surface area (Å²) in [5, 5.41) is 2.60. The van der Waals surface area contributed by atoms with Crippen molar-refractivity contribution in [2.75, 3.05) is 12.4 Å². The third-order valence-corrected chi connectivity index (χ3v) is 2.76. The van der Waals surface area contributed by atoms with E-state index in [4.69, 9.17) is 4.74 Å². The minimum Gasteiger partial charge on any atom is -0.497 e. The maximum atomic E-state index is 13.4. The van der Waals surface area contributed by atoms with E-state index >= 15 is 0 Å². The Bertz CT molecular complexity index is 684. The third kappa shape index (κ3) is 3.89. The highest BCUT2D eigenvalue weighted by molar-refractivity contribution is 6.04. The number of hydrogen-bond donors (Lipinski definition) is 1. The number of benzene rings is 2. The standard InChI is InChI=1S/C16H13F2NO2/c1-21-13-4-2-3-11(9-13)16(20)7-8-19-15-6-5-12(17)10-14(15)18/h2-10,19H,1H3/b8-7+. The molecule has 3 nitrogen and oxygen atoms in total. The zero-order valence-corrected chi connectivity index (χ0v) is 11.3. The van der Waals surface area contributed by atoms with Gasteiger partial charge >= 0.3 is 0 Å². The zero-order chi connectivity index (χ0) is 15.2. The van der Waals surface area contributed by atoms with E-state index < -0.39 is 11.6 Å². The van der Waals surface area contributed by atoms with Crippen LogP contribution in [0.3, 0.4) is 0 Å². The Labute approximate surface area is 120 Å². The van der Waals surface area contributed by atoms with Gasteiger partial charge in [0.05, 0.1) is 12.8 Å². The summed E-state index contributed by atoms with van der Waals surface area (Å²) in [7, 11) is 1.51. The van der Waals surface area contributed by atoms with Gasteiger partial charge in [-0.15, -0.1) is 0 Å². The van der Waals surface area contributed by atoms with Gasteiger partial charge in [0.15, 0.2) is 5.78 Å². The van der Waals surface area contributed by atoms with E-state index in [-0.39, 0.29) is 11.5 Å². The van der Waals surface area contributed by atoms with Crippen molar-refractivity contribution in [3.63, 3.8) is 0 Å². The molecule has 0 bridgehead atoms. The molecule has 0 saturated carbocycles. The minimum absolute atomic E-state index is 0.0890. The Morgan fingerprint density at radius 2 is 2.00 bits per heavy atom. The smallest absolute Gasteiger partial charge is 0.187 e. The van der Waals surface area contributed by atoms with E-state index in [1.807, 2.05) is 0 Å². The van der Waals surface area contributed by atoms with Gasteiger partial charge in [-0.3, -0.25) is 4.79 Å². The van der Waals surface area contributed by atoms with Crippen LogP contribution in [0, 0.1) is 11.6 Å². The molecule has 108 valence electrons. The molecule has 0 spiro atoms. The van der Waals surface area contributed by atoms with Crippen LogP contribution in [0.4, 0.5) is 14.5 Å². The quantitative estimate of drug-likeness (QED) is 0.672. The molecule has 2 rings (SSSR count). The minimum atomic E-state index is -0.728. The number of ketones is 1. The SMILES string of the molecule is COc1cccc(C(=O)/C=C/Nc2ccc(F)cc2F)c1. The van der Waals surface area contributed by atoms with Crippen molar-refractivity contribution >= 4 is 11.5 Å². The largest absolute Gasteiger partial charge is 0.497 e. The lowest BCUT2D eigenvalue weighted by Gasteiger charge is -2.03. The number of rotatable bonds is 5. The molecule has 0 unspecified atom stereocenters. The van der Waals surface area contributed by atoms with Gasteiger partial charge in [-0.2, -0.15) is 0 Å². The lowest BCUT2D eigenvalue weighted by molar-refractivity contribution is 0.104. The third-order valence-electron chi connectivity index (χ3n) is 2.76. The van der Waals surface area contributed by atoms with Gasteiger partial charge in [-0.25, -0.2) is 8.78 Å². The molecular formula is C16H13F2NO2. The van der Waals surface area contributed by atoms with Crippen molar-refractivity contribution in [2.24, 2.45) is 0 Å². The molecule has 2 aromatic carbocycles. The second kappa shape index (κ2) is 6.65. The molecule has 1 N–H and O–H groups in total. The summed E-state index contributed by atoms with van der Waals surface area (Å²) in [6, 6.07) is 9.83. The number of hydrogen-bond acceptors (Lipinski definition) is 3. The molecule has 21 heavy (non-hydrogen) atoms. The molecule has 0 saturated heterocycles. The normalized spacial score (nSPS) is 10.6. The van der Waals surface area contributed by atoms with Crippen LogP contribution in [0.2, 0.25) is 0 Å². The van der Waals surface area contributed by atoms with Crippen LogP contribution >= 0.6 is 0 Å². The molecule has 2 aromatic rings. The highest BCUT2D eigenvalue weighted by atomic mass is 19.1. The van der Waals surface area contributed by atoms with Gasteiger partial charge in [0, 0.05) is 23.9 Å². The maximum absolute atomic E-state index is 13.4. The molecule has 0 aliphatic heterocycles. The lowest BCUT2D eigenvalue weighted by atomic mass is 10.1. The van der Waals surface area contributed by atoms with E-state index in [1.54, 1.807) is 24.3 Å². The van der Waals surface area contributed by atoms with Gasteiger partial charge in [0.1, 0.15) is 17.4 Å². The number of halogens is 2. The van der Waals surface area contributed by atoms with Crippen molar-refractivity contribution < 1.29 is 18.3 Å². The van der Waals surface area contributed by atoms with E-state index in [2.05, 4.69) is 5.32 Å². The predicted molar refractivity (Wildman–Crippen MR) is 76.4 cm³/mol. The van der Waals surface area contributed by atoms with Gasteiger partial charge < -0.3 is 10.1 Å². The summed E-state index contributed by atoms with van der Waals surface area (Å²) < 4.78 is 31.1. The van der Waals surface area contributed by atoms with Crippen LogP contribution in [-0.4, -0.2) is 12.9 Å². The van der Waals surface area contributed by atoms with Crippen LogP contribution in [-0.2, 0) is 0 Å². The van der Waals surface area contributed by atoms with Crippen molar-refractivity contribution in [1.82, 2.24) is 0 Å². The fourth-order valence-electron chi connectivity index (χ4n) is 1.69. The molecule has 0 aliphatic carbocycles. The van der Waals surface area contributed by atoms with Gasteiger partial charge in [0.25, 0.3) is 0 Å². The Morgan fingerprint density at radius 1 is 1.19 bits per heavy atom. The number of carbonyl (C=O) groups excluding carboxylic acids is 1. The summed E-state index contributed by atoms with van der Waals surface area (Å²) >= 11 is 0. The number of carbonyl (C=O) groups is 1. The zero-order valence-electron chi connectivity index (χ0n) is 11.3. The van der Waals surface area contributed by atoms with E-state index in [1.165, 1.54) is 25.5 Å². The average molecular weight is 289 g/mol. The number of anilines is 1.